The van der Waals surface area contributed by atoms with Gasteiger partial charge in [-0.3, -0.25) is 4.90 Å². The number of ether oxygens (including phenoxy) is 1. The number of piperazine rings is 1. The monoisotopic (exact) mass is 428 g/mol. The minimum absolute atomic E-state index is 0. The number of hydrogen-bond donors (Lipinski definition) is 1. The van der Waals surface area contributed by atoms with Crippen molar-refractivity contribution in [2.75, 3.05) is 39.4 Å². The summed E-state index contributed by atoms with van der Waals surface area (Å²) < 4.78 is 20.7. The molecular formula is C16H24BrCl2FN2O. The van der Waals surface area contributed by atoms with Gasteiger partial charge < -0.3 is 10.1 Å². The number of rotatable bonds is 3. The normalized spacial score (nSPS) is 21.1. The lowest BCUT2D eigenvalue weighted by molar-refractivity contribution is 0.0202. The topological polar surface area (TPSA) is 24.5 Å². The molecule has 2 heterocycles. The molecule has 1 aromatic rings. The van der Waals surface area contributed by atoms with Crippen molar-refractivity contribution < 1.29 is 9.13 Å². The van der Waals surface area contributed by atoms with E-state index < -0.39 is 0 Å². The molecule has 7 heteroatoms. The molecule has 2 fully saturated rings. The maximum atomic E-state index is 14.6. The van der Waals surface area contributed by atoms with Crippen LogP contribution in [0, 0.1) is 11.7 Å². The number of nitrogens with zero attached hydrogens (tertiary/aromatic N) is 1. The van der Waals surface area contributed by atoms with Crippen molar-refractivity contribution in [1.29, 1.82) is 0 Å². The third kappa shape index (κ3) is 5.03. The maximum absolute atomic E-state index is 14.6. The van der Waals surface area contributed by atoms with Crippen molar-refractivity contribution in [2.24, 2.45) is 5.92 Å². The lowest BCUT2D eigenvalue weighted by atomic mass is 9.85. The molecule has 0 amide bonds. The average molecular weight is 430 g/mol. The van der Waals surface area contributed by atoms with E-state index in [4.69, 9.17) is 4.74 Å². The molecule has 0 bridgehead atoms. The Morgan fingerprint density at radius 3 is 2.48 bits per heavy atom. The predicted octanol–water partition coefficient (Wildman–Crippen LogP) is 3.80. The fourth-order valence-corrected chi connectivity index (χ4v) is 3.87. The molecule has 3 rings (SSSR count). The van der Waals surface area contributed by atoms with Crippen LogP contribution in [0.3, 0.4) is 0 Å². The van der Waals surface area contributed by atoms with Crippen molar-refractivity contribution in [3.63, 3.8) is 0 Å². The van der Waals surface area contributed by atoms with Gasteiger partial charge in [-0.1, -0.05) is 12.1 Å². The molecule has 0 aliphatic carbocycles. The first-order valence-corrected chi connectivity index (χ1v) is 8.53. The smallest absolute Gasteiger partial charge is 0.142 e. The highest BCUT2D eigenvalue weighted by molar-refractivity contribution is 9.10. The summed E-state index contributed by atoms with van der Waals surface area (Å²) >= 11 is 3.33. The van der Waals surface area contributed by atoms with Crippen LogP contribution in [0.2, 0.25) is 0 Å². The summed E-state index contributed by atoms with van der Waals surface area (Å²) in [7, 11) is 0. The van der Waals surface area contributed by atoms with Crippen LogP contribution >= 0.6 is 40.7 Å². The van der Waals surface area contributed by atoms with Gasteiger partial charge in [0.05, 0.1) is 4.47 Å². The van der Waals surface area contributed by atoms with E-state index in [-0.39, 0.29) is 36.7 Å². The van der Waals surface area contributed by atoms with Crippen molar-refractivity contribution in [3.05, 3.63) is 34.1 Å². The standard InChI is InChI=1S/C16H22BrFN2O.2ClH/c17-14-3-1-2-13(15(14)18)16(12-4-10-21-11-5-12)20-8-6-19-7-9-20;;/h1-3,12,16,19H,4-11H2;2*1H/t16-;;/m0../s1. The summed E-state index contributed by atoms with van der Waals surface area (Å²) in [6.45, 7) is 5.51. The maximum Gasteiger partial charge on any atom is 0.142 e. The fourth-order valence-electron chi connectivity index (χ4n) is 3.49. The first kappa shape index (κ1) is 21.1. The van der Waals surface area contributed by atoms with Gasteiger partial charge in [0.15, 0.2) is 0 Å². The van der Waals surface area contributed by atoms with Gasteiger partial charge in [-0.25, -0.2) is 4.39 Å². The third-order valence-corrected chi connectivity index (χ3v) is 5.17. The van der Waals surface area contributed by atoms with Crippen LogP contribution in [0.4, 0.5) is 4.39 Å². The molecule has 0 radical (unpaired) electrons. The molecule has 0 unspecified atom stereocenters. The second kappa shape index (κ2) is 10.2. The highest BCUT2D eigenvalue weighted by Gasteiger charge is 2.33. The zero-order valence-electron chi connectivity index (χ0n) is 13.0. The fraction of sp³-hybridized carbons (Fsp3) is 0.625. The van der Waals surface area contributed by atoms with Crippen molar-refractivity contribution in [2.45, 2.75) is 18.9 Å². The average Bonchev–Trinajstić information content (AvgIpc) is 2.54. The zero-order chi connectivity index (χ0) is 14.7. The molecule has 2 aliphatic rings. The quantitative estimate of drug-likeness (QED) is 0.790. The highest BCUT2D eigenvalue weighted by Crippen LogP contribution is 2.37. The lowest BCUT2D eigenvalue weighted by Gasteiger charge is -2.41. The van der Waals surface area contributed by atoms with Gasteiger partial charge in [-0.2, -0.15) is 0 Å². The number of nitrogens with one attached hydrogen (secondary N) is 1. The minimum Gasteiger partial charge on any atom is -0.381 e. The molecule has 2 saturated heterocycles. The van der Waals surface area contributed by atoms with Gasteiger partial charge in [-0.15, -0.1) is 24.8 Å². The van der Waals surface area contributed by atoms with Gasteiger partial charge in [0, 0.05) is 51.0 Å². The summed E-state index contributed by atoms with van der Waals surface area (Å²) in [5, 5.41) is 3.38. The van der Waals surface area contributed by atoms with E-state index in [0.29, 0.717) is 10.4 Å². The van der Waals surface area contributed by atoms with E-state index in [2.05, 4.69) is 26.1 Å². The van der Waals surface area contributed by atoms with Crippen LogP contribution in [-0.4, -0.2) is 44.3 Å². The van der Waals surface area contributed by atoms with Crippen LogP contribution in [-0.2, 0) is 4.74 Å². The Bertz CT molecular complexity index is 465. The molecule has 0 aromatic heterocycles. The molecule has 3 nitrogen and oxygen atoms in total. The molecule has 2 aliphatic heterocycles. The second-order valence-corrected chi connectivity index (χ2v) is 6.68. The van der Waals surface area contributed by atoms with Crippen LogP contribution in [0.15, 0.2) is 22.7 Å². The van der Waals surface area contributed by atoms with E-state index in [1.807, 2.05) is 12.1 Å². The highest BCUT2D eigenvalue weighted by atomic mass is 79.9. The van der Waals surface area contributed by atoms with Crippen molar-refractivity contribution in [3.8, 4) is 0 Å². The predicted molar refractivity (Wildman–Crippen MR) is 99.3 cm³/mol. The zero-order valence-corrected chi connectivity index (χ0v) is 16.2. The molecule has 0 spiro atoms. The third-order valence-electron chi connectivity index (χ3n) is 4.56. The van der Waals surface area contributed by atoms with E-state index in [9.17, 15) is 4.39 Å². The summed E-state index contributed by atoms with van der Waals surface area (Å²) in [4.78, 5) is 2.44. The summed E-state index contributed by atoms with van der Waals surface area (Å²) in [6.07, 6.45) is 2.03. The van der Waals surface area contributed by atoms with Gasteiger partial charge in [-0.05, 0) is 40.8 Å². The first-order chi connectivity index (χ1) is 10.3. The lowest BCUT2D eigenvalue weighted by Crippen LogP contribution is -2.47. The molecule has 1 atom stereocenters. The van der Waals surface area contributed by atoms with Gasteiger partial charge >= 0.3 is 0 Å². The first-order valence-electron chi connectivity index (χ1n) is 7.74. The number of benzene rings is 1. The Hall–Kier alpha value is 0.0900. The largest absolute Gasteiger partial charge is 0.381 e. The van der Waals surface area contributed by atoms with Crippen LogP contribution in [0.25, 0.3) is 0 Å². The van der Waals surface area contributed by atoms with Gasteiger partial charge in [0.2, 0.25) is 0 Å². The van der Waals surface area contributed by atoms with Gasteiger partial charge in [0.1, 0.15) is 5.82 Å². The Morgan fingerprint density at radius 2 is 1.83 bits per heavy atom. The number of hydrogen-bond acceptors (Lipinski definition) is 3. The van der Waals surface area contributed by atoms with Crippen LogP contribution < -0.4 is 5.32 Å². The second-order valence-electron chi connectivity index (χ2n) is 5.82. The van der Waals surface area contributed by atoms with E-state index in [1.165, 1.54) is 0 Å². The van der Waals surface area contributed by atoms with Crippen molar-refractivity contribution in [1.82, 2.24) is 10.2 Å². The van der Waals surface area contributed by atoms with E-state index in [1.54, 1.807) is 6.07 Å². The molecule has 1 N–H and O–H groups in total. The van der Waals surface area contributed by atoms with Crippen molar-refractivity contribution >= 4 is 40.7 Å². The minimum atomic E-state index is -0.104. The Balaban J connectivity index is 0.00000132. The summed E-state index contributed by atoms with van der Waals surface area (Å²) in [5.74, 6) is 0.369. The van der Waals surface area contributed by atoms with E-state index in [0.717, 1.165) is 57.8 Å². The SMILES string of the molecule is Cl.Cl.Fc1c(Br)cccc1[C@H](C1CCOCC1)N1CCNCC1. The Kier molecular flexibility index (Phi) is 9.34. The van der Waals surface area contributed by atoms with Crippen LogP contribution in [0.5, 0.6) is 0 Å². The van der Waals surface area contributed by atoms with E-state index >= 15 is 0 Å². The molecule has 1 aromatic carbocycles. The summed E-state index contributed by atoms with van der Waals surface area (Å²) in [6, 6.07) is 5.82. The molecule has 23 heavy (non-hydrogen) atoms. The van der Waals surface area contributed by atoms with Gasteiger partial charge in [0.25, 0.3) is 0 Å². The Morgan fingerprint density at radius 1 is 1.17 bits per heavy atom. The Labute approximate surface area is 158 Å². The molecule has 132 valence electrons. The number of halogens is 4. The van der Waals surface area contributed by atoms with Crippen LogP contribution in [0.1, 0.15) is 24.4 Å². The molecular weight excluding hydrogens is 406 g/mol. The summed E-state index contributed by atoms with van der Waals surface area (Å²) in [5.41, 5.74) is 0.832. The molecule has 0 saturated carbocycles.